The Balaban J connectivity index is 1.44. The van der Waals surface area contributed by atoms with E-state index in [1.54, 1.807) is 12.1 Å². The van der Waals surface area contributed by atoms with Gasteiger partial charge in [0.05, 0.1) is 12.2 Å². The SMILES string of the molecule is Cc1ccc(-c2cc(=O)oc3cc(O[C@H](C)C(=C=O)N4CC5CCC(C4)O5)ccc23)c(Cl)c1. The number of benzene rings is 2. The second-order valence-corrected chi connectivity index (χ2v) is 9.14. The minimum atomic E-state index is -0.515. The molecule has 0 radical (unpaired) electrons. The number of hydrogen-bond donors (Lipinski definition) is 0. The number of aryl methyl sites for hydroxylation is 1. The second-order valence-electron chi connectivity index (χ2n) is 8.73. The van der Waals surface area contributed by atoms with Crippen LogP contribution >= 0.6 is 11.6 Å². The van der Waals surface area contributed by atoms with Gasteiger partial charge in [-0.1, -0.05) is 23.7 Å². The zero-order chi connectivity index (χ0) is 23.1. The molecular formula is C26H24ClNO5. The summed E-state index contributed by atoms with van der Waals surface area (Å²) >= 11 is 6.46. The fraction of sp³-hybridized carbons (Fsp3) is 0.346. The molecule has 2 bridgehead atoms. The average molecular weight is 466 g/mol. The maximum absolute atomic E-state index is 12.3. The zero-order valence-electron chi connectivity index (χ0n) is 18.5. The molecule has 0 saturated carbocycles. The van der Waals surface area contributed by atoms with Gasteiger partial charge in [-0.05, 0) is 50.5 Å². The molecule has 2 aliphatic rings. The number of ether oxygens (including phenoxy) is 2. The van der Waals surface area contributed by atoms with Crippen LogP contribution in [0.3, 0.4) is 0 Å². The van der Waals surface area contributed by atoms with E-state index in [2.05, 4.69) is 5.94 Å². The first-order valence-electron chi connectivity index (χ1n) is 11.1. The Kier molecular flexibility index (Phi) is 5.75. The van der Waals surface area contributed by atoms with Gasteiger partial charge in [0.2, 0.25) is 0 Å². The third kappa shape index (κ3) is 4.30. The van der Waals surface area contributed by atoms with E-state index in [0.717, 1.165) is 29.4 Å². The molecule has 2 fully saturated rings. The molecule has 7 heteroatoms. The molecule has 3 atom stereocenters. The van der Waals surface area contributed by atoms with Crippen LogP contribution in [0.2, 0.25) is 5.02 Å². The zero-order valence-corrected chi connectivity index (χ0v) is 19.2. The highest BCUT2D eigenvalue weighted by Gasteiger charge is 2.36. The maximum atomic E-state index is 12.3. The summed E-state index contributed by atoms with van der Waals surface area (Å²) in [5.41, 5.74) is 2.87. The van der Waals surface area contributed by atoms with Crippen molar-refractivity contribution in [2.75, 3.05) is 13.1 Å². The molecule has 2 aromatic carbocycles. The fourth-order valence-corrected chi connectivity index (χ4v) is 5.09. The summed E-state index contributed by atoms with van der Waals surface area (Å²) in [4.78, 5) is 26.1. The molecule has 2 saturated heterocycles. The van der Waals surface area contributed by atoms with Gasteiger partial charge >= 0.3 is 5.63 Å². The van der Waals surface area contributed by atoms with Crippen molar-refractivity contribution in [3.05, 3.63) is 69.2 Å². The Hall–Kier alpha value is -3.05. The van der Waals surface area contributed by atoms with Crippen LogP contribution in [0.15, 0.2) is 57.4 Å². The highest BCUT2D eigenvalue weighted by atomic mass is 35.5. The fourth-order valence-electron chi connectivity index (χ4n) is 4.75. The van der Waals surface area contributed by atoms with Crippen LogP contribution in [0, 0.1) is 6.92 Å². The summed E-state index contributed by atoms with van der Waals surface area (Å²) in [5, 5.41) is 1.31. The van der Waals surface area contributed by atoms with Crippen molar-refractivity contribution in [3.8, 4) is 16.9 Å². The van der Waals surface area contributed by atoms with E-state index < -0.39 is 11.7 Å². The molecule has 0 spiro atoms. The summed E-state index contributed by atoms with van der Waals surface area (Å²) in [5.74, 6) is 2.57. The lowest BCUT2D eigenvalue weighted by molar-refractivity contribution is -0.0313. The molecule has 0 N–H and O–H groups in total. The lowest BCUT2D eigenvalue weighted by Crippen LogP contribution is -2.45. The van der Waals surface area contributed by atoms with Gasteiger partial charge in [-0.25, -0.2) is 9.59 Å². The molecule has 170 valence electrons. The quantitative estimate of drug-likeness (QED) is 0.399. The third-order valence-corrected chi connectivity index (χ3v) is 6.63. The van der Waals surface area contributed by atoms with E-state index in [4.69, 9.17) is 25.5 Å². The van der Waals surface area contributed by atoms with E-state index in [1.165, 1.54) is 6.07 Å². The van der Waals surface area contributed by atoms with Crippen LogP contribution in [0.25, 0.3) is 22.1 Å². The Morgan fingerprint density at radius 2 is 1.88 bits per heavy atom. The van der Waals surface area contributed by atoms with E-state index in [-0.39, 0.29) is 12.2 Å². The first-order valence-corrected chi connectivity index (χ1v) is 11.5. The molecule has 33 heavy (non-hydrogen) atoms. The number of morpholine rings is 1. The minimum Gasteiger partial charge on any atom is -0.484 e. The van der Waals surface area contributed by atoms with Gasteiger partial charge in [0, 0.05) is 46.8 Å². The van der Waals surface area contributed by atoms with Crippen molar-refractivity contribution < 1.29 is 18.7 Å². The number of rotatable bonds is 5. The summed E-state index contributed by atoms with van der Waals surface area (Å²) in [6.45, 7) is 5.12. The van der Waals surface area contributed by atoms with Crippen LogP contribution in [0.5, 0.6) is 5.75 Å². The molecule has 3 heterocycles. The first-order chi connectivity index (χ1) is 15.9. The number of likely N-dealkylation sites (tertiary alicyclic amines) is 1. The number of carbonyl (C=O) groups excluding carboxylic acids is 1. The van der Waals surface area contributed by atoms with Crippen LogP contribution in [0.1, 0.15) is 25.3 Å². The van der Waals surface area contributed by atoms with Gasteiger partial charge < -0.3 is 18.8 Å². The van der Waals surface area contributed by atoms with Crippen LogP contribution in [-0.4, -0.2) is 42.2 Å². The normalized spacial score (nSPS) is 20.5. The topological polar surface area (TPSA) is 69.0 Å². The summed E-state index contributed by atoms with van der Waals surface area (Å²) < 4.78 is 17.4. The van der Waals surface area contributed by atoms with Crippen molar-refractivity contribution in [2.24, 2.45) is 0 Å². The number of halogens is 1. The smallest absolute Gasteiger partial charge is 0.336 e. The van der Waals surface area contributed by atoms with Crippen molar-refractivity contribution in [1.82, 2.24) is 4.90 Å². The lowest BCUT2D eigenvalue weighted by Gasteiger charge is -2.35. The van der Waals surface area contributed by atoms with Gasteiger partial charge in [0.25, 0.3) is 0 Å². The predicted octanol–water partition coefficient (Wildman–Crippen LogP) is 4.77. The van der Waals surface area contributed by atoms with Crippen LogP contribution < -0.4 is 10.4 Å². The van der Waals surface area contributed by atoms with E-state index in [9.17, 15) is 9.59 Å². The Labute approximate surface area is 196 Å². The molecule has 0 amide bonds. The maximum Gasteiger partial charge on any atom is 0.336 e. The van der Waals surface area contributed by atoms with Crippen molar-refractivity contribution in [2.45, 2.75) is 45.0 Å². The monoisotopic (exact) mass is 465 g/mol. The Bertz CT molecular complexity index is 1310. The number of fused-ring (bicyclic) bond motifs is 3. The van der Waals surface area contributed by atoms with Gasteiger partial charge in [-0.2, -0.15) is 0 Å². The molecule has 3 aromatic rings. The van der Waals surface area contributed by atoms with Crippen molar-refractivity contribution >= 4 is 28.5 Å². The molecule has 6 nitrogen and oxygen atoms in total. The molecular weight excluding hydrogens is 442 g/mol. The molecule has 2 aliphatic heterocycles. The molecule has 2 unspecified atom stereocenters. The van der Waals surface area contributed by atoms with Gasteiger partial charge in [-0.3, -0.25) is 0 Å². The highest BCUT2D eigenvalue weighted by molar-refractivity contribution is 6.33. The van der Waals surface area contributed by atoms with Gasteiger partial charge in [-0.15, -0.1) is 0 Å². The second kappa shape index (κ2) is 8.71. The number of hydrogen-bond acceptors (Lipinski definition) is 6. The van der Waals surface area contributed by atoms with E-state index in [0.29, 0.717) is 40.7 Å². The molecule has 5 rings (SSSR count). The first kappa shape index (κ1) is 21.8. The van der Waals surface area contributed by atoms with Gasteiger partial charge in [0.15, 0.2) is 0 Å². The van der Waals surface area contributed by atoms with Crippen LogP contribution in [0.4, 0.5) is 0 Å². The summed E-state index contributed by atoms with van der Waals surface area (Å²) in [7, 11) is 0. The van der Waals surface area contributed by atoms with Crippen molar-refractivity contribution in [3.63, 3.8) is 0 Å². The van der Waals surface area contributed by atoms with Crippen LogP contribution in [-0.2, 0) is 9.53 Å². The summed E-state index contributed by atoms with van der Waals surface area (Å²) in [6, 6.07) is 12.5. The summed E-state index contributed by atoms with van der Waals surface area (Å²) in [6.07, 6.45) is 1.82. The lowest BCUT2D eigenvalue weighted by atomic mass is 10.0. The Morgan fingerprint density at radius 1 is 1.12 bits per heavy atom. The van der Waals surface area contributed by atoms with Crippen molar-refractivity contribution in [1.29, 1.82) is 0 Å². The van der Waals surface area contributed by atoms with E-state index >= 15 is 0 Å². The van der Waals surface area contributed by atoms with E-state index in [1.807, 2.05) is 43.0 Å². The average Bonchev–Trinajstić information content (AvgIpc) is 3.11. The standard InChI is InChI=1S/C26H24ClNO5/c1-15-3-7-20(23(27)9-15)22-11-26(30)33-25-10-17(6-8-21(22)25)31-16(2)24(14-29)28-12-18-4-5-19(13-28)32-18/h3,6-11,16,18-19H,4-5,12-13H2,1-2H3/t16-,18?,19?/m1/s1. The predicted molar refractivity (Wildman–Crippen MR) is 126 cm³/mol. The van der Waals surface area contributed by atoms with Gasteiger partial charge in [0.1, 0.15) is 29.1 Å². The number of nitrogens with zero attached hydrogens (tertiary/aromatic N) is 1. The Morgan fingerprint density at radius 3 is 2.58 bits per heavy atom. The largest absolute Gasteiger partial charge is 0.484 e. The molecule has 1 aromatic heterocycles. The molecule has 0 aliphatic carbocycles. The highest BCUT2D eigenvalue weighted by Crippen LogP contribution is 2.35. The minimum absolute atomic E-state index is 0.154. The third-order valence-electron chi connectivity index (χ3n) is 6.32.